The van der Waals surface area contributed by atoms with Crippen LogP contribution >= 0.6 is 0 Å². The monoisotopic (exact) mass is 249 g/mol. The predicted molar refractivity (Wildman–Crippen MR) is 64.7 cm³/mol. The molecule has 1 aliphatic heterocycles. The number of benzene rings is 1. The van der Waals surface area contributed by atoms with Crippen LogP contribution in [0.3, 0.4) is 0 Å². The second-order valence-corrected chi connectivity index (χ2v) is 4.70. The van der Waals surface area contributed by atoms with Crippen molar-refractivity contribution < 1.29 is 19.4 Å². The third-order valence-electron chi connectivity index (χ3n) is 3.03. The minimum Gasteiger partial charge on any atom is -0.478 e. The Morgan fingerprint density at radius 2 is 1.89 bits per heavy atom. The van der Waals surface area contributed by atoms with Gasteiger partial charge in [0.1, 0.15) is 0 Å². The fourth-order valence-electron chi connectivity index (χ4n) is 1.88. The van der Waals surface area contributed by atoms with Gasteiger partial charge in [-0.1, -0.05) is 0 Å². The molecule has 1 aliphatic rings. The van der Waals surface area contributed by atoms with Crippen molar-refractivity contribution >= 4 is 11.9 Å². The number of hydrogen-bond acceptors (Lipinski definition) is 3. The van der Waals surface area contributed by atoms with E-state index in [9.17, 15) is 9.59 Å². The molecule has 0 radical (unpaired) electrons. The van der Waals surface area contributed by atoms with Crippen LogP contribution < -0.4 is 5.32 Å². The number of carboxylic acid groups (broad SMARTS) is 1. The van der Waals surface area contributed by atoms with Gasteiger partial charge >= 0.3 is 5.97 Å². The number of aromatic carboxylic acids is 1. The molecule has 0 aliphatic carbocycles. The van der Waals surface area contributed by atoms with Crippen molar-refractivity contribution in [1.82, 2.24) is 5.32 Å². The van der Waals surface area contributed by atoms with E-state index in [0.717, 1.165) is 6.42 Å². The first kappa shape index (κ1) is 12.6. The molecule has 2 rings (SSSR count). The zero-order chi connectivity index (χ0) is 13.2. The second kappa shape index (κ2) is 4.78. The minimum atomic E-state index is -1.00. The van der Waals surface area contributed by atoms with Crippen LogP contribution in [0.1, 0.15) is 34.1 Å². The maximum absolute atomic E-state index is 12.0. The van der Waals surface area contributed by atoms with Crippen LogP contribution in [-0.2, 0) is 4.74 Å². The molecule has 1 heterocycles. The van der Waals surface area contributed by atoms with Gasteiger partial charge in [-0.25, -0.2) is 4.79 Å². The molecule has 5 heteroatoms. The molecule has 0 saturated carbocycles. The summed E-state index contributed by atoms with van der Waals surface area (Å²) in [6.45, 7) is 3.09. The van der Waals surface area contributed by atoms with E-state index in [0.29, 0.717) is 18.8 Å². The summed E-state index contributed by atoms with van der Waals surface area (Å²) in [4.78, 5) is 22.7. The average molecular weight is 249 g/mol. The zero-order valence-electron chi connectivity index (χ0n) is 10.1. The molecule has 2 N–H and O–H groups in total. The molecule has 1 atom stereocenters. The third kappa shape index (κ3) is 2.68. The molecule has 1 amide bonds. The van der Waals surface area contributed by atoms with Gasteiger partial charge in [0.25, 0.3) is 5.91 Å². The first-order valence-electron chi connectivity index (χ1n) is 5.74. The Hall–Kier alpha value is -1.88. The van der Waals surface area contributed by atoms with Gasteiger partial charge in [0.05, 0.1) is 17.7 Å². The fraction of sp³-hybridized carbons (Fsp3) is 0.385. The van der Waals surface area contributed by atoms with Crippen LogP contribution in [0, 0.1) is 0 Å². The summed E-state index contributed by atoms with van der Waals surface area (Å²) in [6, 6.07) is 5.87. The highest BCUT2D eigenvalue weighted by atomic mass is 16.5. The molecular formula is C13H15NO4. The first-order valence-corrected chi connectivity index (χ1v) is 5.74. The van der Waals surface area contributed by atoms with Crippen molar-refractivity contribution in [3.8, 4) is 0 Å². The Kier molecular flexibility index (Phi) is 3.34. The van der Waals surface area contributed by atoms with Gasteiger partial charge in [-0.05, 0) is 37.6 Å². The van der Waals surface area contributed by atoms with Gasteiger partial charge in [-0.15, -0.1) is 0 Å². The number of rotatable bonds is 3. The number of amides is 1. The smallest absolute Gasteiger partial charge is 0.335 e. The minimum absolute atomic E-state index is 0.168. The lowest BCUT2D eigenvalue weighted by Gasteiger charge is -2.23. The molecule has 1 aromatic rings. The van der Waals surface area contributed by atoms with Gasteiger partial charge < -0.3 is 15.2 Å². The van der Waals surface area contributed by atoms with Crippen molar-refractivity contribution in [3.05, 3.63) is 35.4 Å². The van der Waals surface area contributed by atoms with E-state index in [2.05, 4.69) is 5.32 Å². The number of carbonyl (C=O) groups is 2. The predicted octanol–water partition coefficient (Wildman–Crippen LogP) is 1.29. The maximum Gasteiger partial charge on any atom is 0.335 e. The number of ether oxygens (including phenoxy) is 1. The highest BCUT2D eigenvalue weighted by Gasteiger charge is 2.31. The maximum atomic E-state index is 12.0. The van der Waals surface area contributed by atoms with E-state index in [1.54, 1.807) is 0 Å². The molecule has 1 fully saturated rings. The molecule has 0 bridgehead atoms. The Labute approximate surface area is 105 Å². The highest BCUT2D eigenvalue weighted by molar-refractivity contribution is 5.96. The first-order chi connectivity index (χ1) is 8.50. The molecule has 0 spiro atoms. The summed E-state index contributed by atoms with van der Waals surface area (Å²) in [6.07, 6.45) is 0.784. The topological polar surface area (TPSA) is 75.6 Å². The lowest BCUT2D eigenvalue weighted by molar-refractivity contribution is 0.0696. The summed E-state index contributed by atoms with van der Waals surface area (Å²) < 4.78 is 5.25. The van der Waals surface area contributed by atoms with E-state index in [-0.39, 0.29) is 17.0 Å². The average Bonchev–Trinajstić information content (AvgIpc) is 2.76. The van der Waals surface area contributed by atoms with Gasteiger partial charge in [-0.3, -0.25) is 4.79 Å². The third-order valence-corrected chi connectivity index (χ3v) is 3.03. The van der Waals surface area contributed by atoms with E-state index in [4.69, 9.17) is 9.84 Å². The van der Waals surface area contributed by atoms with Crippen LogP contribution in [0.4, 0.5) is 0 Å². The zero-order valence-corrected chi connectivity index (χ0v) is 10.1. The number of carboxylic acids is 1. The molecule has 5 nitrogen and oxygen atoms in total. The Balaban J connectivity index is 2.07. The van der Waals surface area contributed by atoms with Crippen molar-refractivity contribution in [1.29, 1.82) is 0 Å². The quantitative estimate of drug-likeness (QED) is 0.846. The molecule has 18 heavy (non-hydrogen) atoms. The summed E-state index contributed by atoms with van der Waals surface area (Å²) in [5, 5.41) is 11.7. The molecule has 96 valence electrons. The van der Waals surface area contributed by atoms with Crippen LogP contribution in [0.25, 0.3) is 0 Å². The lowest BCUT2D eigenvalue weighted by atomic mass is 10.0. The van der Waals surface area contributed by atoms with Crippen molar-refractivity contribution in [2.75, 3.05) is 13.2 Å². The van der Waals surface area contributed by atoms with E-state index in [1.165, 1.54) is 24.3 Å². The summed E-state index contributed by atoms with van der Waals surface area (Å²) >= 11 is 0. The summed E-state index contributed by atoms with van der Waals surface area (Å²) in [5.74, 6) is -1.21. The van der Waals surface area contributed by atoms with E-state index >= 15 is 0 Å². The van der Waals surface area contributed by atoms with Crippen LogP contribution in [0.2, 0.25) is 0 Å². The Morgan fingerprint density at radius 1 is 1.28 bits per heavy atom. The number of carbonyl (C=O) groups excluding carboxylic acids is 1. The molecular weight excluding hydrogens is 234 g/mol. The normalized spacial score (nSPS) is 22.7. The van der Waals surface area contributed by atoms with E-state index in [1.807, 2.05) is 6.92 Å². The Morgan fingerprint density at radius 3 is 2.39 bits per heavy atom. The molecule has 1 saturated heterocycles. The number of hydrogen-bond donors (Lipinski definition) is 2. The van der Waals surface area contributed by atoms with Crippen molar-refractivity contribution in [2.45, 2.75) is 18.9 Å². The Bertz CT molecular complexity index is 460. The standard InChI is InChI=1S/C13H15NO4/c1-13(6-7-18-8-13)14-11(15)9-2-4-10(5-3-9)12(16)17/h2-5H,6-8H2,1H3,(H,14,15)(H,16,17)/t13-/m0/s1. The summed E-state index contributed by atoms with van der Waals surface area (Å²) in [7, 11) is 0. The fourth-order valence-corrected chi connectivity index (χ4v) is 1.88. The molecule has 0 aromatic heterocycles. The SMILES string of the molecule is C[C@]1(NC(=O)c2ccc(C(=O)O)cc2)CCOC1. The second-order valence-electron chi connectivity index (χ2n) is 4.70. The van der Waals surface area contributed by atoms with E-state index < -0.39 is 5.97 Å². The van der Waals surface area contributed by atoms with Crippen LogP contribution in [0.15, 0.2) is 24.3 Å². The van der Waals surface area contributed by atoms with Gasteiger partial charge in [0.15, 0.2) is 0 Å². The van der Waals surface area contributed by atoms with Gasteiger partial charge in [-0.2, -0.15) is 0 Å². The number of nitrogens with one attached hydrogen (secondary N) is 1. The van der Waals surface area contributed by atoms with Gasteiger partial charge in [0, 0.05) is 12.2 Å². The van der Waals surface area contributed by atoms with Gasteiger partial charge in [0.2, 0.25) is 0 Å². The lowest BCUT2D eigenvalue weighted by Crippen LogP contribution is -2.46. The van der Waals surface area contributed by atoms with Crippen molar-refractivity contribution in [3.63, 3.8) is 0 Å². The van der Waals surface area contributed by atoms with Crippen LogP contribution in [0.5, 0.6) is 0 Å². The largest absolute Gasteiger partial charge is 0.478 e. The summed E-state index contributed by atoms with van der Waals surface area (Å²) in [5.41, 5.74) is 0.290. The van der Waals surface area contributed by atoms with Crippen LogP contribution in [-0.4, -0.2) is 35.7 Å². The van der Waals surface area contributed by atoms with Crippen molar-refractivity contribution in [2.24, 2.45) is 0 Å². The molecule has 1 aromatic carbocycles. The molecule has 0 unspecified atom stereocenters. The highest BCUT2D eigenvalue weighted by Crippen LogP contribution is 2.18.